The van der Waals surface area contributed by atoms with Crippen molar-refractivity contribution in [3.8, 4) is 0 Å². The van der Waals surface area contributed by atoms with E-state index in [2.05, 4.69) is 19.2 Å². The Morgan fingerprint density at radius 3 is 2.45 bits per heavy atom. The van der Waals surface area contributed by atoms with Gasteiger partial charge in [-0.05, 0) is 18.4 Å². The van der Waals surface area contributed by atoms with E-state index in [1.54, 1.807) is 0 Å². The lowest BCUT2D eigenvalue weighted by atomic mass is 9.74. The summed E-state index contributed by atoms with van der Waals surface area (Å²) in [5.74, 6) is -0.202. The van der Waals surface area contributed by atoms with Gasteiger partial charge in [-0.1, -0.05) is 57.0 Å². The van der Waals surface area contributed by atoms with E-state index >= 15 is 0 Å². The second-order valence-electron chi connectivity index (χ2n) is 6.04. The van der Waals surface area contributed by atoms with Crippen LogP contribution in [-0.4, -0.2) is 24.5 Å². The summed E-state index contributed by atoms with van der Waals surface area (Å²) >= 11 is 0. The van der Waals surface area contributed by atoms with Gasteiger partial charge >= 0.3 is 5.97 Å². The standard InChI is InChI=1S/C18H25NO3/c1-3-10-18(11-4-2)15(13-22-17(18)21)19-16(20)12-14-8-6-5-7-9-14/h5-9,15H,3-4,10-13H2,1-2H3,(H,19,20)/t15-/m0/s1. The van der Waals surface area contributed by atoms with E-state index in [1.807, 2.05) is 30.3 Å². The highest BCUT2D eigenvalue weighted by molar-refractivity contribution is 5.84. The zero-order valence-corrected chi connectivity index (χ0v) is 13.4. The Kier molecular flexibility index (Phi) is 5.58. The van der Waals surface area contributed by atoms with Crippen LogP contribution >= 0.6 is 0 Å². The summed E-state index contributed by atoms with van der Waals surface area (Å²) in [7, 11) is 0. The highest BCUT2D eigenvalue weighted by Gasteiger charge is 2.51. The molecule has 0 unspecified atom stereocenters. The van der Waals surface area contributed by atoms with Gasteiger partial charge in [0.2, 0.25) is 5.91 Å². The Morgan fingerprint density at radius 2 is 1.86 bits per heavy atom. The predicted octanol–water partition coefficient (Wildman–Crippen LogP) is 2.86. The minimum absolute atomic E-state index is 0.0499. The van der Waals surface area contributed by atoms with Crippen molar-refractivity contribution in [2.45, 2.75) is 52.0 Å². The number of hydrogen-bond acceptors (Lipinski definition) is 3. The average molecular weight is 303 g/mol. The second-order valence-corrected chi connectivity index (χ2v) is 6.04. The fourth-order valence-electron chi connectivity index (χ4n) is 3.38. The van der Waals surface area contributed by atoms with Crippen LogP contribution in [0.5, 0.6) is 0 Å². The molecule has 1 fully saturated rings. The molecule has 1 saturated heterocycles. The smallest absolute Gasteiger partial charge is 0.314 e. The van der Waals surface area contributed by atoms with Crippen LogP contribution in [0.2, 0.25) is 0 Å². The van der Waals surface area contributed by atoms with Gasteiger partial charge in [0, 0.05) is 0 Å². The molecule has 1 aliphatic heterocycles. The van der Waals surface area contributed by atoms with E-state index in [-0.39, 0.29) is 17.9 Å². The van der Waals surface area contributed by atoms with Crippen LogP contribution in [0.25, 0.3) is 0 Å². The van der Waals surface area contributed by atoms with Gasteiger partial charge in [0.15, 0.2) is 0 Å². The number of cyclic esters (lactones) is 1. The SMILES string of the molecule is CCCC1(CCC)C(=O)OC[C@@H]1NC(=O)Cc1ccccc1. The molecule has 1 amide bonds. The number of hydrogen-bond donors (Lipinski definition) is 1. The first-order valence-electron chi connectivity index (χ1n) is 8.13. The minimum atomic E-state index is -0.546. The number of carbonyl (C=O) groups is 2. The maximum Gasteiger partial charge on any atom is 0.314 e. The fourth-order valence-corrected chi connectivity index (χ4v) is 3.38. The third kappa shape index (κ3) is 3.49. The first kappa shape index (κ1) is 16.5. The van der Waals surface area contributed by atoms with Gasteiger partial charge < -0.3 is 10.1 Å². The predicted molar refractivity (Wildman–Crippen MR) is 85.3 cm³/mol. The van der Waals surface area contributed by atoms with Gasteiger partial charge in [0.05, 0.1) is 17.9 Å². The van der Waals surface area contributed by atoms with E-state index in [9.17, 15) is 9.59 Å². The van der Waals surface area contributed by atoms with Crippen molar-refractivity contribution in [3.05, 3.63) is 35.9 Å². The molecule has 120 valence electrons. The monoisotopic (exact) mass is 303 g/mol. The summed E-state index contributed by atoms with van der Waals surface area (Å²) in [6.45, 7) is 4.41. The molecule has 0 bridgehead atoms. The van der Waals surface area contributed by atoms with Crippen molar-refractivity contribution < 1.29 is 14.3 Å². The molecule has 22 heavy (non-hydrogen) atoms. The van der Waals surface area contributed by atoms with Crippen molar-refractivity contribution in [1.82, 2.24) is 5.32 Å². The molecule has 1 aromatic carbocycles. The fraction of sp³-hybridized carbons (Fsp3) is 0.556. The molecule has 1 N–H and O–H groups in total. The van der Waals surface area contributed by atoms with Crippen LogP contribution in [0.3, 0.4) is 0 Å². The molecule has 0 aromatic heterocycles. The summed E-state index contributed by atoms with van der Waals surface area (Å²) < 4.78 is 5.28. The van der Waals surface area contributed by atoms with Crippen LogP contribution in [0, 0.1) is 5.41 Å². The van der Waals surface area contributed by atoms with Crippen LogP contribution in [0.1, 0.15) is 45.1 Å². The average Bonchev–Trinajstić information content (AvgIpc) is 2.78. The molecule has 0 aliphatic carbocycles. The molecule has 0 radical (unpaired) electrons. The number of carbonyl (C=O) groups excluding carboxylic acids is 2. The largest absolute Gasteiger partial charge is 0.463 e. The molecule has 4 nitrogen and oxygen atoms in total. The normalized spacial score (nSPS) is 19.7. The van der Waals surface area contributed by atoms with E-state index in [4.69, 9.17) is 4.74 Å². The van der Waals surface area contributed by atoms with Gasteiger partial charge in [0.25, 0.3) is 0 Å². The lowest BCUT2D eigenvalue weighted by Gasteiger charge is -2.31. The number of ether oxygens (including phenoxy) is 1. The molecule has 1 atom stereocenters. The summed E-state index contributed by atoms with van der Waals surface area (Å²) in [5.41, 5.74) is 0.428. The second kappa shape index (κ2) is 7.43. The summed E-state index contributed by atoms with van der Waals surface area (Å²) in [4.78, 5) is 24.5. The topological polar surface area (TPSA) is 55.4 Å². The summed E-state index contributed by atoms with van der Waals surface area (Å²) in [6.07, 6.45) is 3.66. The van der Waals surface area contributed by atoms with Gasteiger partial charge in [-0.25, -0.2) is 0 Å². The number of esters is 1. The van der Waals surface area contributed by atoms with Gasteiger partial charge in [-0.15, -0.1) is 0 Å². The van der Waals surface area contributed by atoms with Gasteiger partial charge in [-0.2, -0.15) is 0 Å². The van der Waals surface area contributed by atoms with Crippen molar-refractivity contribution in [3.63, 3.8) is 0 Å². The Balaban J connectivity index is 2.06. The van der Waals surface area contributed by atoms with Crippen LogP contribution in [-0.2, 0) is 20.7 Å². The molecular formula is C18H25NO3. The number of benzene rings is 1. The highest BCUT2D eigenvalue weighted by Crippen LogP contribution is 2.39. The Bertz CT molecular complexity index is 506. The van der Waals surface area contributed by atoms with Crippen LogP contribution in [0.4, 0.5) is 0 Å². The molecule has 0 spiro atoms. The van der Waals surface area contributed by atoms with E-state index in [1.165, 1.54) is 0 Å². The van der Waals surface area contributed by atoms with Crippen molar-refractivity contribution in [1.29, 1.82) is 0 Å². The number of rotatable bonds is 7. The van der Waals surface area contributed by atoms with Gasteiger partial charge in [-0.3, -0.25) is 9.59 Å². The zero-order chi connectivity index (χ0) is 16.0. The number of amides is 1. The quantitative estimate of drug-likeness (QED) is 0.788. The first-order valence-corrected chi connectivity index (χ1v) is 8.13. The van der Waals surface area contributed by atoms with Crippen LogP contribution in [0.15, 0.2) is 30.3 Å². The van der Waals surface area contributed by atoms with Crippen molar-refractivity contribution >= 4 is 11.9 Å². The minimum Gasteiger partial charge on any atom is -0.463 e. The van der Waals surface area contributed by atoms with Crippen LogP contribution < -0.4 is 5.32 Å². The lowest BCUT2D eigenvalue weighted by molar-refractivity contribution is -0.147. The van der Waals surface area contributed by atoms with E-state index in [0.717, 1.165) is 31.2 Å². The lowest BCUT2D eigenvalue weighted by Crippen LogP contribution is -2.49. The summed E-state index contributed by atoms with van der Waals surface area (Å²) in [6, 6.07) is 9.42. The maximum atomic E-state index is 12.3. The number of nitrogens with one attached hydrogen (secondary N) is 1. The van der Waals surface area contributed by atoms with Crippen molar-refractivity contribution in [2.75, 3.05) is 6.61 Å². The Hall–Kier alpha value is -1.84. The molecule has 1 heterocycles. The van der Waals surface area contributed by atoms with Gasteiger partial charge in [0.1, 0.15) is 6.61 Å². The molecule has 1 aromatic rings. The maximum absolute atomic E-state index is 12.3. The molecule has 4 heteroatoms. The third-order valence-corrected chi connectivity index (χ3v) is 4.39. The summed E-state index contributed by atoms with van der Waals surface area (Å²) in [5, 5.41) is 3.03. The molecule has 2 rings (SSSR count). The highest BCUT2D eigenvalue weighted by atomic mass is 16.5. The van der Waals surface area contributed by atoms with E-state index < -0.39 is 5.41 Å². The zero-order valence-electron chi connectivity index (χ0n) is 13.4. The molecule has 0 saturated carbocycles. The molecular weight excluding hydrogens is 278 g/mol. The first-order chi connectivity index (χ1) is 10.6. The molecule has 1 aliphatic rings. The third-order valence-electron chi connectivity index (χ3n) is 4.39. The Labute approximate surface area is 132 Å². The van der Waals surface area contributed by atoms with E-state index in [0.29, 0.717) is 13.0 Å². The Morgan fingerprint density at radius 1 is 1.23 bits per heavy atom. The van der Waals surface area contributed by atoms with Crippen molar-refractivity contribution in [2.24, 2.45) is 5.41 Å².